The lowest BCUT2D eigenvalue weighted by molar-refractivity contribution is 0.685. The fourth-order valence-electron chi connectivity index (χ4n) is 2.00. The Hall–Kier alpha value is -0.980. The Labute approximate surface area is 100 Å². The van der Waals surface area contributed by atoms with Crippen LogP contribution in [0.4, 0.5) is 5.69 Å². The number of anilines is 1. The van der Waals surface area contributed by atoms with Gasteiger partial charge in [-0.3, -0.25) is 0 Å². The summed E-state index contributed by atoms with van der Waals surface area (Å²) in [5.41, 5.74) is 2.82. The van der Waals surface area contributed by atoms with Crippen molar-refractivity contribution in [3.8, 4) is 0 Å². The lowest BCUT2D eigenvalue weighted by Crippen LogP contribution is -2.23. The van der Waals surface area contributed by atoms with Crippen molar-refractivity contribution < 1.29 is 0 Å². The fraction of sp³-hybridized carbons (Fsp3) is 0.600. The standard InChI is InChI=1S/C15H25N/c1-4-7-8-12-16(6-3)15-11-9-10-14(5-2)13-15/h9-11,13H,4-8,12H2,1-3H3. The second-order valence-electron chi connectivity index (χ2n) is 4.31. The first-order chi connectivity index (χ1) is 7.81. The summed E-state index contributed by atoms with van der Waals surface area (Å²) in [6, 6.07) is 8.95. The summed E-state index contributed by atoms with van der Waals surface area (Å²) in [4.78, 5) is 2.48. The van der Waals surface area contributed by atoms with Gasteiger partial charge in [0.15, 0.2) is 0 Å². The van der Waals surface area contributed by atoms with E-state index in [0.717, 1.165) is 13.0 Å². The Kier molecular flexibility index (Phi) is 5.99. The van der Waals surface area contributed by atoms with Gasteiger partial charge in [-0.05, 0) is 37.5 Å². The summed E-state index contributed by atoms with van der Waals surface area (Å²) in [5, 5.41) is 0. The van der Waals surface area contributed by atoms with Crippen LogP contribution in [-0.2, 0) is 6.42 Å². The van der Waals surface area contributed by atoms with E-state index >= 15 is 0 Å². The highest BCUT2D eigenvalue weighted by Gasteiger charge is 2.03. The van der Waals surface area contributed by atoms with Gasteiger partial charge in [0.25, 0.3) is 0 Å². The number of rotatable bonds is 7. The molecule has 0 N–H and O–H groups in total. The molecule has 0 aliphatic carbocycles. The summed E-state index contributed by atoms with van der Waals surface area (Å²) < 4.78 is 0. The van der Waals surface area contributed by atoms with Gasteiger partial charge >= 0.3 is 0 Å². The summed E-state index contributed by atoms with van der Waals surface area (Å²) in [7, 11) is 0. The molecule has 0 fully saturated rings. The van der Waals surface area contributed by atoms with Gasteiger partial charge in [-0.15, -0.1) is 0 Å². The van der Waals surface area contributed by atoms with Crippen LogP contribution in [0, 0.1) is 0 Å². The molecule has 1 aromatic carbocycles. The van der Waals surface area contributed by atoms with Crippen molar-refractivity contribution in [2.24, 2.45) is 0 Å². The van der Waals surface area contributed by atoms with E-state index in [1.54, 1.807) is 0 Å². The van der Waals surface area contributed by atoms with Crippen LogP contribution in [0.2, 0.25) is 0 Å². The molecule has 1 aromatic rings. The molecule has 0 unspecified atom stereocenters. The van der Waals surface area contributed by atoms with Gasteiger partial charge in [0.1, 0.15) is 0 Å². The van der Waals surface area contributed by atoms with Crippen LogP contribution in [0.1, 0.15) is 45.6 Å². The summed E-state index contributed by atoms with van der Waals surface area (Å²) in [5.74, 6) is 0. The maximum Gasteiger partial charge on any atom is 0.0368 e. The summed E-state index contributed by atoms with van der Waals surface area (Å²) >= 11 is 0. The minimum Gasteiger partial charge on any atom is -0.372 e. The zero-order valence-corrected chi connectivity index (χ0v) is 11.0. The van der Waals surface area contributed by atoms with Gasteiger partial charge in [0.05, 0.1) is 0 Å². The van der Waals surface area contributed by atoms with Crippen LogP contribution >= 0.6 is 0 Å². The predicted octanol–water partition coefficient (Wildman–Crippen LogP) is 4.27. The number of hydrogen-bond acceptors (Lipinski definition) is 1. The Morgan fingerprint density at radius 3 is 2.50 bits per heavy atom. The molecule has 1 rings (SSSR count). The molecule has 0 saturated heterocycles. The van der Waals surface area contributed by atoms with E-state index in [1.165, 1.54) is 37.1 Å². The van der Waals surface area contributed by atoms with Crippen LogP contribution in [-0.4, -0.2) is 13.1 Å². The molecule has 0 spiro atoms. The molecule has 0 aliphatic rings. The van der Waals surface area contributed by atoms with Crippen molar-refractivity contribution >= 4 is 5.69 Å². The van der Waals surface area contributed by atoms with E-state index in [0.29, 0.717) is 0 Å². The van der Waals surface area contributed by atoms with Gasteiger partial charge in [-0.2, -0.15) is 0 Å². The average molecular weight is 219 g/mol. The molecule has 0 amide bonds. The molecule has 0 aliphatic heterocycles. The molecule has 0 atom stereocenters. The van der Waals surface area contributed by atoms with Gasteiger partial charge in [-0.1, -0.05) is 38.8 Å². The van der Waals surface area contributed by atoms with Crippen molar-refractivity contribution in [3.63, 3.8) is 0 Å². The predicted molar refractivity (Wildman–Crippen MR) is 73.2 cm³/mol. The first kappa shape index (κ1) is 13.1. The molecule has 0 saturated carbocycles. The lowest BCUT2D eigenvalue weighted by Gasteiger charge is -2.23. The third kappa shape index (κ3) is 3.88. The molecular formula is C15H25N. The van der Waals surface area contributed by atoms with Crippen molar-refractivity contribution in [3.05, 3.63) is 29.8 Å². The van der Waals surface area contributed by atoms with Crippen molar-refractivity contribution in [1.82, 2.24) is 0 Å². The third-order valence-electron chi connectivity index (χ3n) is 3.10. The minimum absolute atomic E-state index is 1.11. The van der Waals surface area contributed by atoms with Crippen LogP contribution < -0.4 is 4.90 Å². The summed E-state index contributed by atoms with van der Waals surface area (Å²) in [6.45, 7) is 9.01. The smallest absolute Gasteiger partial charge is 0.0368 e. The maximum atomic E-state index is 2.48. The van der Waals surface area contributed by atoms with E-state index in [9.17, 15) is 0 Å². The molecule has 0 heterocycles. The summed E-state index contributed by atoms with van der Waals surface area (Å²) in [6.07, 6.45) is 5.07. The fourth-order valence-corrected chi connectivity index (χ4v) is 2.00. The Balaban J connectivity index is 2.62. The Bertz CT molecular complexity index is 293. The largest absolute Gasteiger partial charge is 0.372 e. The average Bonchev–Trinajstić information content (AvgIpc) is 2.35. The minimum atomic E-state index is 1.11. The normalized spacial score (nSPS) is 10.4. The van der Waals surface area contributed by atoms with E-state index < -0.39 is 0 Å². The van der Waals surface area contributed by atoms with Crippen LogP contribution in [0.5, 0.6) is 0 Å². The van der Waals surface area contributed by atoms with E-state index in [1.807, 2.05) is 0 Å². The molecule has 0 aromatic heterocycles. The van der Waals surface area contributed by atoms with Crippen LogP contribution in [0.15, 0.2) is 24.3 Å². The van der Waals surface area contributed by atoms with Crippen molar-refractivity contribution in [1.29, 1.82) is 0 Å². The van der Waals surface area contributed by atoms with E-state index in [-0.39, 0.29) is 0 Å². The zero-order valence-electron chi connectivity index (χ0n) is 11.0. The number of unbranched alkanes of at least 4 members (excludes halogenated alkanes) is 2. The molecule has 0 bridgehead atoms. The number of benzene rings is 1. The number of nitrogens with zero attached hydrogens (tertiary/aromatic N) is 1. The van der Waals surface area contributed by atoms with Crippen molar-refractivity contribution in [2.45, 2.75) is 46.5 Å². The monoisotopic (exact) mass is 219 g/mol. The van der Waals surface area contributed by atoms with E-state index in [2.05, 4.69) is 49.9 Å². The molecule has 0 radical (unpaired) electrons. The highest BCUT2D eigenvalue weighted by molar-refractivity contribution is 5.48. The van der Waals surface area contributed by atoms with Gasteiger partial charge < -0.3 is 4.90 Å². The van der Waals surface area contributed by atoms with Crippen molar-refractivity contribution in [2.75, 3.05) is 18.0 Å². The third-order valence-corrected chi connectivity index (χ3v) is 3.10. The molecule has 90 valence electrons. The molecule has 1 heteroatoms. The number of hydrogen-bond donors (Lipinski definition) is 0. The van der Waals surface area contributed by atoms with Gasteiger partial charge in [0, 0.05) is 18.8 Å². The second kappa shape index (κ2) is 7.32. The highest BCUT2D eigenvalue weighted by Crippen LogP contribution is 2.17. The molecule has 16 heavy (non-hydrogen) atoms. The number of aryl methyl sites for hydroxylation is 1. The maximum absolute atomic E-state index is 2.48. The van der Waals surface area contributed by atoms with Gasteiger partial charge in [-0.25, -0.2) is 0 Å². The Morgan fingerprint density at radius 1 is 1.06 bits per heavy atom. The highest BCUT2D eigenvalue weighted by atomic mass is 15.1. The molecular weight excluding hydrogens is 194 g/mol. The Morgan fingerprint density at radius 2 is 1.88 bits per heavy atom. The lowest BCUT2D eigenvalue weighted by atomic mass is 10.1. The van der Waals surface area contributed by atoms with E-state index in [4.69, 9.17) is 0 Å². The first-order valence-corrected chi connectivity index (χ1v) is 6.65. The molecule has 1 nitrogen and oxygen atoms in total. The first-order valence-electron chi connectivity index (χ1n) is 6.65. The van der Waals surface area contributed by atoms with Crippen LogP contribution in [0.25, 0.3) is 0 Å². The quantitative estimate of drug-likeness (QED) is 0.619. The van der Waals surface area contributed by atoms with Gasteiger partial charge in [0.2, 0.25) is 0 Å². The SMILES string of the molecule is CCCCCN(CC)c1cccc(CC)c1. The zero-order chi connectivity index (χ0) is 11.8. The topological polar surface area (TPSA) is 3.24 Å². The second-order valence-corrected chi connectivity index (χ2v) is 4.31. The van der Waals surface area contributed by atoms with Crippen LogP contribution in [0.3, 0.4) is 0 Å².